The molecule has 15 heavy (non-hydrogen) atoms. The summed E-state index contributed by atoms with van der Waals surface area (Å²) in [5, 5.41) is 17.4. The van der Waals surface area contributed by atoms with E-state index in [-0.39, 0.29) is 12.1 Å². The van der Waals surface area contributed by atoms with Crippen LogP contribution in [0.15, 0.2) is 0 Å². The molecule has 0 radical (unpaired) electrons. The standard InChI is InChI=1S/C11H19NO3/c1-4-5-6-12(3)9-7-8(2)15-11(14)10(9)13/h1,8-11,13-14H,5-7H2,2-3H3/p+1/t8-,9?,10-,11-/m1/s1. The van der Waals surface area contributed by atoms with E-state index in [1.165, 1.54) is 0 Å². The minimum atomic E-state index is -0.841. The molecule has 4 atom stereocenters. The minimum Gasteiger partial charge on any atom is -0.419 e. The smallest absolute Gasteiger partial charge is 0.292 e. The maximum atomic E-state index is 9.82. The average molecular weight is 214 g/mol. The van der Waals surface area contributed by atoms with Gasteiger partial charge < -0.3 is 14.9 Å². The quantitative estimate of drug-likeness (QED) is 0.510. The van der Waals surface area contributed by atoms with E-state index >= 15 is 0 Å². The van der Waals surface area contributed by atoms with Crippen molar-refractivity contribution in [3.05, 3.63) is 0 Å². The molecule has 1 aliphatic rings. The van der Waals surface area contributed by atoms with Crippen LogP contribution >= 0.6 is 0 Å². The van der Waals surface area contributed by atoms with Gasteiger partial charge in [-0.25, -0.2) is 0 Å². The summed E-state index contributed by atoms with van der Waals surface area (Å²) in [7, 11) is 1.93. The van der Waals surface area contributed by atoms with Gasteiger partial charge >= 0.3 is 0 Å². The van der Waals surface area contributed by atoms with Crippen LogP contribution in [0.5, 0.6) is 0 Å². The highest BCUT2D eigenvalue weighted by Crippen LogP contribution is 2.22. The van der Waals surface area contributed by atoms with Crippen LogP contribution in [0, 0.1) is 12.3 Å². The van der Waals surface area contributed by atoms with E-state index in [2.05, 4.69) is 5.92 Å². The zero-order valence-electron chi connectivity index (χ0n) is 9.31. The molecule has 86 valence electrons. The van der Waals surface area contributed by atoms with Crippen molar-refractivity contribution in [3.8, 4) is 12.3 Å². The summed E-state index contributed by atoms with van der Waals surface area (Å²) >= 11 is 0. The first kappa shape index (κ1) is 12.5. The number of ether oxygens (including phenoxy) is 1. The Kier molecular flexibility index (Phi) is 4.55. The average Bonchev–Trinajstić information content (AvgIpc) is 2.19. The van der Waals surface area contributed by atoms with Crippen molar-refractivity contribution in [1.29, 1.82) is 0 Å². The molecule has 0 aromatic carbocycles. The van der Waals surface area contributed by atoms with E-state index in [0.29, 0.717) is 6.42 Å². The first-order valence-electron chi connectivity index (χ1n) is 5.24. The number of terminal acetylenes is 1. The summed E-state index contributed by atoms with van der Waals surface area (Å²) in [6.45, 7) is 2.67. The Morgan fingerprint density at radius 1 is 1.67 bits per heavy atom. The molecule has 4 nitrogen and oxygen atoms in total. The van der Waals surface area contributed by atoms with Gasteiger partial charge in [0.1, 0.15) is 0 Å². The van der Waals surface area contributed by atoms with E-state index in [4.69, 9.17) is 16.3 Å². The van der Waals surface area contributed by atoms with Crippen LogP contribution in [-0.4, -0.2) is 53.2 Å². The fourth-order valence-corrected chi connectivity index (χ4v) is 1.92. The summed E-state index contributed by atoms with van der Waals surface area (Å²) in [5.41, 5.74) is 0. The zero-order chi connectivity index (χ0) is 11.4. The molecule has 1 fully saturated rings. The van der Waals surface area contributed by atoms with Gasteiger partial charge in [0.2, 0.25) is 0 Å². The van der Waals surface area contributed by atoms with Crippen LogP contribution < -0.4 is 0 Å². The lowest BCUT2D eigenvalue weighted by Gasteiger charge is -2.38. The van der Waals surface area contributed by atoms with Crippen molar-refractivity contribution in [2.24, 2.45) is 0 Å². The van der Waals surface area contributed by atoms with E-state index in [1.807, 2.05) is 18.9 Å². The third-order valence-electron chi connectivity index (χ3n) is 2.83. The number of aliphatic hydroxyl groups excluding tert-OH is 1. The number of rotatable bonds is 3. The molecule has 1 rings (SSSR count). The molecular formula is C11H20NO3+. The summed E-state index contributed by atoms with van der Waals surface area (Å²) in [6.07, 6.45) is 5.04. The van der Waals surface area contributed by atoms with Gasteiger partial charge in [-0.1, -0.05) is 0 Å². The molecule has 0 saturated carbocycles. The lowest BCUT2D eigenvalue weighted by Crippen LogP contribution is -2.54. The first-order valence-corrected chi connectivity index (χ1v) is 5.24. The topological polar surface area (TPSA) is 55.6 Å². The highest BCUT2D eigenvalue weighted by molar-refractivity contribution is 4.89. The molecule has 0 amide bonds. The maximum Gasteiger partial charge on any atom is 0.292 e. The Hall–Kier alpha value is -0.600. The Labute approximate surface area is 90.8 Å². The van der Waals surface area contributed by atoms with Crippen LogP contribution in [0.1, 0.15) is 19.8 Å². The lowest BCUT2D eigenvalue weighted by molar-refractivity contribution is -0.231. The summed E-state index contributed by atoms with van der Waals surface area (Å²) in [4.78, 5) is 2.02. The van der Waals surface area contributed by atoms with E-state index in [0.717, 1.165) is 13.0 Å². The number of hydrogen-bond acceptors (Lipinski definition) is 3. The third-order valence-corrected chi connectivity index (χ3v) is 2.83. The monoisotopic (exact) mass is 214 g/mol. The molecule has 0 spiro atoms. The van der Waals surface area contributed by atoms with Crippen LogP contribution in [0.2, 0.25) is 0 Å². The molecule has 0 aromatic rings. The first-order chi connectivity index (χ1) is 7.06. The zero-order valence-corrected chi connectivity index (χ0v) is 9.31. The van der Waals surface area contributed by atoms with Crippen LogP contribution in [0.3, 0.4) is 0 Å². The third kappa shape index (κ3) is 3.18. The van der Waals surface area contributed by atoms with Gasteiger partial charge in [0.15, 0.2) is 6.10 Å². The molecule has 0 bridgehead atoms. The molecule has 1 unspecified atom stereocenters. The molecule has 0 aromatic heterocycles. The van der Waals surface area contributed by atoms with Gasteiger partial charge in [-0.2, -0.15) is 0 Å². The Morgan fingerprint density at radius 2 is 2.33 bits per heavy atom. The Morgan fingerprint density at radius 3 is 2.93 bits per heavy atom. The molecule has 1 saturated heterocycles. The van der Waals surface area contributed by atoms with Crippen LogP contribution in [0.25, 0.3) is 0 Å². The van der Waals surface area contributed by atoms with Gasteiger partial charge in [-0.05, 0) is 20.4 Å². The fraction of sp³-hybridized carbons (Fsp3) is 0.818. The van der Waals surface area contributed by atoms with Crippen molar-refractivity contribution in [2.75, 3.05) is 13.6 Å². The molecule has 0 aliphatic carbocycles. The summed E-state index contributed by atoms with van der Waals surface area (Å²) in [5.74, 6) is 2.57. The number of aliphatic hydroxyl groups is 1. The summed E-state index contributed by atoms with van der Waals surface area (Å²) in [6, 6.07) is -0.0235. The molecular weight excluding hydrogens is 194 g/mol. The van der Waals surface area contributed by atoms with Crippen molar-refractivity contribution >= 4 is 0 Å². The van der Waals surface area contributed by atoms with E-state index in [1.54, 1.807) is 0 Å². The predicted molar refractivity (Wildman–Crippen MR) is 58.4 cm³/mol. The predicted octanol–water partition coefficient (Wildman–Crippen LogP) is -0.470. The van der Waals surface area contributed by atoms with Gasteiger partial charge in [-0.3, -0.25) is 4.90 Å². The second-order valence-corrected chi connectivity index (χ2v) is 4.10. The summed E-state index contributed by atoms with van der Waals surface area (Å²) < 4.78 is 5.23. The van der Waals surface area contributed by atoms with E-state index in [9.17, 15) is 5.11 Å². The van der Waals surface area contributed by atoms with Gasteiger partial charge in [-0.15, -0.1) is 12.3 Å². The SMILES string of the molecule is C#CCCN(C)C1C[C@@H](C)O[C@@H]([OH2+])[C@@H]1O. The fourth-order valence-electron chi connectivity index (χ4n) is 1.92. The van der Waals surface area contributed by atoms with Gasteiger partial charge in [0.05, 0.1) is 6.10 Å². The number of hydrogen-bond donors (Lipinski definition) is 1. The Balaban J connectivity index is 2.54. The second kappa shape index (κ2) is 5.47. The largest absolute Gasteiger partial charge is 0.419 e. The minimum absolute atomic E-state index is 0.0224. The van der Waals surface area contributed by atoms with Crippen molar-refractivity contribution in [3.63, 3.8) is 0 Å². The number of likely N-dealkylation sites (N-methyl/N-ethyl adjacent to an activating group) is 1. The lowest BCUT2D eigenvalue weighted by atomic mass is 9.99. The van der Waals surface area contributed by atoms with Crippen molar-refractivity contribution in [1.82, 2.24) is 4.90 Å². The second-order valence-electron chi connectivity index (χ2n) is 4.10. The number of nitrogens with zero attached hydrogens (tertiary/aromatic N) is 1. The normalized spacial score (nSPS) is 36.5. The van der Waals surface area contributed by atoms with Gasteiger partial charge in [0, 0.05) is 19.0 Å². The highest BCUT2D eigenvalue weighted by atomic mass is 16.6. The van der Waals surface area contributed by atoms with Gasteiger partial charge in [0.25, 0.3) is 6.29 Å². The molecule has 1 heterocycles. The van der Waals surface area contributed by atoms with Crippen molar-refractivity contribution < 1.29 is 14.9 Å². The van der Waals surface area contributed by atoms with Crippen LogP contribution in [0.4, 0.5) is 0 Å². The van der Waals surface area contributed by atoms with Crippen LogP contribution in [-0.2, 0) is 4.74 Å². The Bertz CT molecular complexity index is 238. The van der Waals surface area contributed by atoms with Crippen molar-refractivity contribution in [2.45, 2.75) is 44.3 Å². The maximum absolute atomic E-state index is 9.82. The van der Waals surface area contributed by atoms with E-state index < -0.39 is 12.4 Å². The molecule has 4 heteroatoms. The molecule has 3 N–H and O–H groups in total. The highest BCUT2D eigenvalue weighted by Gasteiger charge is 2.39. The molecule has 1 aliphatic heterocycles.